The Labute approximate surface area is 66.5 Å². The first kappa shape index (κ1) is 12.2. The Bertz CT molecular complexity index is 135. The summed E-state index contributed by atoms with van der Waals surface area (Å²) in [6.07, 6.45) is 0. The van der Waals surface area contributed by atoms with E-state index in [4.69, 9.17) is 16.7 Å². The Hall–Kier alpha value is -0.500. The summed E-state index contributed by atoms with van der Waals surface area (Å²) in [5.41, 5.74) is 0.201. The van der Waals surface area contributed by atoms with Gasteiger partial charge in [-0.3, -0.25) is 0 Å². The summed E-state index contributed by atoms with van der Waals surface area (Å²) in [6, 6.07) is 0. The first-order valence-electron chi connectivity index (χ1n) is 3.12. The molecule has 0 atom stereocenters. The highest BCUT2D eigenvalue weighted by Gasteiger charge is 2.00. The SMILES string of the molecule is C/C(Cl)=C(\C)C(=O)O.CC. The molecule has 0 rings (SSSR count). The molecular formula is C7H13ClO2. The van der Waals surface area contributed by atoms with E-state index >= 15 is 0 Å². The van der Waals surface area contributed by atoms with Crippen LogP contribution < -0.4 is 0 Å². The van der Waals surface area contributed by atoms with Gasteiger partial charge in [0.05, 0.1) is 0 Å². The van der Waals surface area contributed by atoms with Crippen molar-refractivity contribution in [1.82, 2.24) is 0 Å². The number of carboxylic acids is 1. The number of allylic oxidation sites excluding steroid dienone is 1. The second-order valence-corrected chi connectivity index (χ2v) is 2.03. The van der Waals surface area contributed by atoms with Gasteiger partial charge in [0.2, 0.25) is 0 Å². The monoisotopic (exact) mass is 164 g/mol. The minimum atomic E-state index is -0.961. The van der Waals surface area contributed by atoms with Crippen LogP contribution in [0.4, 0.5) is 0 Å². The molecule has 0 aliphatic rings. The second kappa shape index (κ2) is 6.62. The molecule has 0 aromatic heterocycles. The van der Waals surface area contributed by atoms with Gasteiger partial charge < -0.3 is 5.11 Å². The average molecular weight is 165 g/mol. The van der Waals surface area contributed by atoms with Crippen molar-refractivity contribution in [2.45, 2.75) is 27.7 Å². The summed E-state index contributed by atoms with van der Waals surface area (Å²) in [4.78, 5) is 10.00. The molecule has 0 aromatic carbocycles. The molecule has 1 N–H and O–H groups in total. The van der Waals surface area contributed by atoms with Gasteiger partial charge in [0.25, 0.3) is 0 Å². The Kier molecular flexibility index (Phi) is 8.07. The molecule has 0 aliphatic heterocycles. The summed E-state index contributed by atoms with van der Waals surface area (Å²) in [5.74, 6) is -0.961. The zero-order chi connectivity index (χ0) is 8.73. The Morgan fingerprint density at radius 3 is 1.60 bits per heavy atom. The van der Waals surface area contributed by atoms with E-state index in [1.54, 1.807) is 6.92 Å². The number of hydrogen-bond donors (Lipinski definition) is 1. The third-order valence-corrected chi connectivity index (χ3v) is 1.12. The van der Waals surface area contributed by atoms with E-state index in [1.165, 1.54) is 6.92 Å². The van der Waals surface area contributed by atoms with Crippen LogP contribution in [0.15, 0.2) is 10.6 Å². The predicted octanol–water partition coefficient (Wildman–Crippen LogP) is 2.63. The molecule has 0 unspecified atom stereocenters. The molecule has 0 heterocycles. The van der Waals surface area contributed by atoms with Crippen LogP contribution in [0.5, 0.6) is 0 Å². The number of carbonyl (C=O) groups is 1. The molecule has 0 fully saturated rings. The molecule has 0 saturated heterocycles. The largest absolute Gasteiger partial charge is 0.478 e. The maximum atomic E-state index is 10.00. The number of halogens is 1. The lowest BCUT2D eigenvalue weighted by atomic mass is 10.3. The van der Waals surface area contributed by atoms with Gasteiger partial charge in [-0.15, -0.1) is 0 Å². The lowest BCUT2D eigenvalue weighted by Gasteiger charge is -1.90. The topological polar surface area (TPSA) is 37.3 Å². The highest BCUT2D eigenvalue weighted by molar-refractivity contribution is 6.31. The van der Waals surface area contributed by atoms with Crippen molar-refractivity contribution in [2.24, 2.45) is 0 Å². The molecule has 0 aliphatic carbocycles. The van der Waals surface area contributed by atoms with Gasteiger partial charge in [-0.25, -0.2) is 4.79 Å². The zero-order valence-electron chi connectivity index (χ0n) is 6.73. The van der Waals surface area contributed by atoms with E-state index in [1.807, 2.05) is 13.8 Å². The summed E-state index contributed by atoms with van der Waals surface area (Å²) in [5, 5.41) is 8.54. The van der Waals surface area contributed by atoms with Crippen molar-refractivity contribution in [3.05, 3.63) is 10.6 Å². The summed E-state index contributed by atoms with van der Waals surface area (Å²) >= 11 is 5.32. The lowest BCUT2D eigenvalue weighted by molar-refractivity contribution is -0.132. The van der Waals surface area contributed by atoms with Gasteiger partial charge in [0.15, 0.2) is 0 Å². The van der Waals surface area contributed by atoms with Gasteiger partial charge in [-0.05, 0) is 13.8 Å². The fraction of sp³-hybridized carbons (Fsp3) is 0.571. The van der Waals surface area contributed by atoms with Crippen molar-refractivity contribution < 1.29 is 9.90 Å². The van der Waals surface area contributed by atoms with Crippen LogP contribution in [0.25, 0.3) is 0 Å². The summed E-state index contributed by atoms with van der Waals surface area (Å²) in [6.45, 7) is 7.01. The van der Waals surface area contributed by atoms with Gasteiger partial charge in [0.1, 0.15) is 0 Å². The van der Waals surface area contributed by atoms with E-state index in [9.17, 15) is 4.79 Å². The summed E-state index contributed by atoms with van der Waals surface area (Å²) < 4.78 is 0. The molecule has 0 aromatic rings. The van der Waals surface area contributed by atoms with E-state index in [0.29, 0.717) is 5.03 Å². The van der Waals surface area contributed by atoms with Crippen LogP contribution >= 0.6 is 11.6 Å². The van der Waals surface area contributed by atoms with E-state index in [0.717, 1.165) is 0 Å². The molecule has 10 heavy (non-hydrogen) atoms. The van der Waals surface area contributed by atoms with Crippen molar-refractivity contribution >= 4 is 17.6 Å². The fourth-order valence-electron chi connectivity index (χ4n) is 0.147. The zero-order valence-corrected chi connectivity index (χ0v) is 7.49. The normalized spacial score (nSPS) is 10.9. The summed E-state index contributed by atoms with van der Waals surface area (Å²) in [7, 11) is 0. The number of hydrogen-bond acceptors (Lipinski definition) is 1. The molecule has 0 radical (unpaired) electrons. The number of rotatable bonds is 1. The van der Waals surface area contributed by atoms with E-state index in [-0.39, 0.29) is 5.57 Å². The molecule has 0 saturated carbocycles. The predicted molar refractivity (Wildman–Crippen MR) is 43.2 cm³/mol. The third kappa shape index (κ3) is 5.63. The molecular weight excluding hydrogens is 152 g/mol. The van der Waals surface area contributed by atoms with Crippen LogP contribution in [0.2, 0.25) is 0 Å². The lowest BCUT2D eigenvalue weighted by Crippen LogP contribution is -1.96. The van der Waals surface area contributed by atoms with Crippen LogP contribution in [0, 0.1) is 0 Å². The first-order chi connectivity index (χ1) is 4.55. The maximum absolute atomic E-state index is 10.00. The molecule has 2 nitrogen and oxygen atoms in total. The van der Waals surface area contributed by atoms with Gasteiger partial charge in [0, 0.05) is 10.6 Å². The quantitative estimate of drug-likeness (QED) is 0.605. The Morgan fingerprint density at radius 1 is 1.30 bits per heavy atom. The number of carboxylic acid groups (broad SMARTS) is 1. The smallest absolute Gasteiger partial charge is 0.332 e. The van der Waals surface area contributed by atoms with Crippen LogP contribution in [-0.2, 0) is 4.79 Å². The fourth-order valence-corrected chi connectivity index (χ4v) is 0.228. The minimum Gasteiger partial charge on any atom is -0.478 e. The Morgan fingerprint density at radius 2 is 1.60 bits per heavy atom. The van der Waals surface area contributed by atoms with Crippen molar-refractivity contribution in [3.63, 3.8) is 0 Å². The Balaban J connectivity index is 0. The second-order valence-electron chi connectivity index (χ2n) is 1.46. The standard InChI is InChI=1S/C5H7ClO2.C2H6/c1-3(4(2)6)5(7)8;1-2/h1-2H3,(H,7,8);1-2H3/b4-3-;. The molecule has 3 heteroatoms. The first-order valence-corrected chi connectivity index (χ1v) is 3.49. The van der Waals surface area contributed by atoms with Gasteiger partial charge >= 0.3 is 5.97 Å². The van der Waals surface area contributed by atoms with E-state index < -0.39 is 5.97 Å². The maximum Gasteiger partial charge on any atom is 0.332 e. The number of aliphatic carboxylic acids is 1. The molecule has 0 spiro atoms. The van der Waals surface area contributed by atoms with Crippen LogP contribution in [0.1, 0.15) is 27.7 Å². The van der Waals surface area contributed by atoms with Crippen molar-refractivity contribution in [2.75, 3.05) is 0 Å². The third-order valence-electron chi connectivity index (χ3n) is 0.838. The van der Waals surface area contributed by atoms with Crippen LogP contribution in [0.3, 0.4) is 0 Å². The van der Waals surface area contributed by atoms with Crippen LogP contribution in [-0.4, -0.2) is 11.1 Å². The molecule has 0 bridgehead atoms. The van der Waals surface area contributed by atoms with Crippen molar-refractivity contribution in [1.29, 1.82) is 0 Å². The van der Waals surface area contributed by atoms with Gasteiger partial charge in [-0.1, -0.05) is 25.4 Å². The minimum absolute atomic E-state index is 0.201. The van der Waals surface area contributed by atoms with E-state index in [2.05, 4.69) is 0 Å². The highest BCUT2D eigenvalue weighted by Crippen LogP contribution is 2.06. The average Bonchev–Trinajstić information content (AvgIpc) is 1.90. The molecule has 0 amide bonds. The van der Waals surface area contributed by atoms with Gasteiger partial charge in [-0.2, -0.15) is 0 Å². The highest BCUT2D eigenvalue weighted by atomic mass is 35.5. The van der Waals surface area contributed by atoms with Crippen molar-refractivity contribution in [3.8, 4) is 0 Å². The molecule has 60 valence electrons.